The van der Waals surface area contributed by atoms with Gasteiger partial charge in [0.15, 0.2) is 0 Å². The molecular formula is C13H19ClN2O4S2. The smallest absolute Gasteiger partial charge is 0.303 e. The van der Waals surface area contributed by atoms with Crippen molar-refractivity contribution < 1.29 is 18.3 Å². The van der Waals surface area contributed by atoms with Gasteiger partial charge in [-0.25, -0.2) is 8.42 Å². The standard InChI is InChI=1S/C13H19ClN2O4S2/c14-11-4-5-13(21-11)22(19,20)16-8-2-7-15(9-10-16)6-1-3-12(17)18/h4-5H,1-3,6-10H2,(H,17,18). The van der Waals surface area contributed by atoms with Crippen LogP contribution in [0.4, 0.5) is 0 Å². The highest BCUT2D eigenvalue weighted by Crippen LogP contribution is 2.28. The van der Waals surface area contributed by atoms with E-state index in [2.05, 4.69) is 4.90 Å². The molecule has 0 unspecified atom stereocenters. The largest absolute Gasteiger partial charge is 0.481 e. The minimum atomic E-state index is -3.48. The van der Waals surface area contributed by atoms with E-state index >= 15 is 0 Å². The summed E-state index contributed by atoms with van der Waals surface area (Å²) in [5.41, 5.74) is 0. The molecule has 6 nitrogen and oxygen atoms in total. The maximum atomic E-state index is 12.5. The van der Waals surface area contributed by atoms with Gasteiger partial charge in [0.2, 0.25) is 0 Å². The lowest BCUT2D eigenvalue weighted by atomic mass is 10.3. The van der Waals surface area contributed by atoms with Gasteiger partial charge in [0, 0.05) is 26.1 Å². The van der Waals surface area contributed by atoms with Crippen LogP contribution in [-0.2, 0) is 14.8 Å². The van der Waals surface area contributed by atoms with Gasteiger partial charge in [0.25, 0.3) is 10.0 Å². The molecule has 1 fully saturated rings. The quantitative estimate of drug-likeness (QED) is 0.832. The predicted octanol–water partition coefficient (Wildman–Crippen LogP) is 1.96. The van der Waals surface area contributed by atoms with Crippen LogP contribution >= 0.6 is 22.9 Å². The molecule has 0 bridgehead atoms. The van der Waals surface area contributed by atoms with E-state index in [1.165, 1.54) is 10.4 Å². The Hall–Kier alpha value is -0.670. The molecule has 124 valence electrons. The van der Waals surface area contributed by atoms with Crippen molar-refractivity contribution in [3.05, 3.63) is 16.5 Å². The third-order valence-corrected chi connectivity index (χ3v) is 7.15. The topological polar surface area (TPSA) is 77.9 Å². The Bertz CT molecular complexity index is 617. The van der Waals surface area contributed by atoms with Crippen molar-refractivity contribution in [1.29, 1.82) is 0 Å². The summed E-state index contributed by atoms with van der Waals surface area (Å²) in [7, 11) is -3.48. The highest BCUT2D eigenvalue weighted by Gasteiger charge is 2.28. The summed E-state index contributed by atoms with van der Waals surface area (Å²) in [5, 5.41) is 8.66. The molecule has 0 amide bonds. The van der Waals surface area contributed by atoms with Crippen molar-refractivity contribution in [2.75, 3.05) is 32.7 Å². The van der Waals surface area contributed by atoms with Gasteiger partial charge in [-0.2, -0.15) is 4.31 Å². The summed E-state index contributed by atoms with van der Waals surface area (Å²) in [4.78, 5) is 12.7. The van der Waals surface area contributed by atoms with Gasteiger partial charge >= 0.3 is 5.97 Å². The summed E-state index contributed by atoms with van der Waals surface area (Å²) in [6.45, 7) is 3.00. The monoisotopic (exact) mass is 366 g/mol. The predicted molar refractivity (Wildman–Crippen MR) is 86.0 cm³/mol. The first-order valence-electron chi connectivity index (χ1n) is 7.09. The lowest BCUT2D eigenvalue weighted by molar-refractivity contribution is -0.137. The number of rotatable bonds is 6. The van der Waals surface area contributed by atoms with Crippen LogP contribution in [0, 0.1) is 0 Å². The normalized spacial score (nSPS) is 18.2. The fourth-order valence-electron chi connectivity index (χ4n) is 2.43. The molecule has 22 heavy (non-hydrogen) atoms. The molecule has 1 aliphatic heterocycles. The van der Waals surface area contributed by atoms with Crippen molar-refractivity contribution in [1.82, 2.24) is 9.21 Å². The minimum Gasteiger partial charge on any atom is -0.481 e. The van der Waals surface area contributed by atoms with Crippen molar-refractivity contribution >= 4 is 38.9 Å². The van der Waals surface area contributed by atoms with Crippen molar-refractivity contribution in [3.8, 4) is 0 Å². The number of nitrogens with zero attached hydrogens (tertiary/aromatic N) is 2. The second-order valence-electron chi connectivity index (χ2n) is 5.16. The third kappa shape index (κ3) is 4.66. The van der Waals surface area contributed by atoms with Gasteiger partial charge in [0.1, 0.15) is 4.21 Å². The maximum absolute atomic E-state index is 12.5. The number of halogens is 1. The summed E-state index contributed by atoms with van der Waals surface area (Å²) in [6.07, 6.45) is 1.47. The summed E-state index contributed by atoms with van der Waals surface area (Å²) < 4.78 is 27.3. The van der Waals surface area contributed by atoms with Crippen molar-refractivity contribution in [2.24, 2.45) is 0 Å². The number of hydrogen-bond acceptors (Lipinski definition) is 5. The van der Waals surface area contributed by atoms with E-state index in [0.717, 1.165) is 24.3 Å². The molecular weight excluding hydrogens is 348 g/mol. The number of carboxylic acid groups (broad SMARTS) is 1. The van der Waals surface area contributed by atoms with Crippen LogP contribution in [0.2, 0.25) is 4.34 Å². The minimum absolute atomic E-state index is 0.145. The number of thiophene rings is 1. The Labute approximate surface area is 139 Å². The van der Waals surface area contributed by atoms with E-state index in [1.807, 2.05) is 0 Å². The molecule has 9 heteroatoms. The molecule has 2 heterocycles. The molecule has 0 saturated carbocycles. The zero-order valence-corrected chi connectivity index (χ0v) is 14.5. The molecule has 1 N–H and O–H groups in total. The van der Waals surface area contributed by atoms with Crippen LogP contribution in [0.5, 0.6) is 0 Å². The lowest BCUT2D eigenvalue weighted by Crippen LogP contribution is -2.35. The number of sulfonamides is 1. The fourth-order valence-corrected chi connectivity index (χ4v) is 5.54. The molecule has 0 aliphatic carbocycles. The van der Waals surface area contributed by atoms with E-state index < -0.39 is 16.0 Å². The summed E-state index contributed by atoms with van der Waals surface area (Å²) in [6, 6.07) is 3.13. The summed E-state index contributed by atoms with van der Waals surface area (Å²) >= 11 is 6.89. The molecule has 2 rings (SSSR count). The van der Waals surface area contributed by atoms with Crippen LogP contribution in [0.15, 0.2) is 16.3 Å². The Balaban J connectivity index is 1.93. The first-order valence-corrected chi connectivity index (χ1v) is 9.72. The Morgan fingerprint density at radius 2 is 2.05 bits per heavy atom. The van der Waals surface area contributed by atoms with Crippen molar-refractivity contribution in [2.45, 2.75) is 23.5 Å². The molecule has 0 aromatic carbocycles. The van der Waals surface area contributed by atoms with Gasteiger partial charge < -0.3 is 10.0 Å². The van der Waals surface area contributed by atoms with Crippen LogP contribution < -0.4 is 0 Å². The molecule has 1 saturated heterocycles. The Kier molecular flexibility index (Phi) is 6.22. The fraction of sp³-hybridized carbons (Fsp3) is 0.615. The van der Waals surface area contributed by atoms with Crippen molar-refractivity contribution in [3.63, 3.8) is 0 Å². The first kappa shape index (κ1) is 17.7. The molecule has 1 aromatic rings. The van der Waals surface area contributed by atoms with Crippen LogP contribution in [-0.4, -0.2) is 61.4 Å². The van der Waals surface area contributed by atoms with E-state index in [-0.39, 0.29) is 10.6 Å². The van der Waals surface area contributed by atoms with Gasteiger partial charge in [-0.1, -0.05) is 11.6 Å². The van der Waals surface area contributed by atoms with Gasteiger partial charge in [-0.3, -0.25) is 4.79 Å². The van der Waals surface area contributed by atoms with Crippen LogP contribution in [0.1, 0.15) is 19.3 Å². The first-order chi connectivity index (χ1) is 10.4. The second-order valence-corrected chi connectivity index (χ2v) is 9.03. The summed E-state index contributed by atoms with van der Waals surface area (Å²) in [5.74, 6) is -0.798. The highest BCUT2D eigenvalue weighted by molar-refractivity contribution is 7.91. The number of hydrogen-bond donors (Lipinski definition) is 1. The lowest BCUT2D eigenvalue weighted by Gasteiger charge is -2.21. The second kappa shape index (κ2) is 7.74. The van der Waals surface area contributed by atoms with E-state index in [1.54, 1.807) is 6.07 Å². The molecule has 0 atom stereocenters. The Morgan fingerprint density at radius 3 is 2.68 bits per heavy atom. The zero-order valence-electron chi connectivity index (χ0n) is 12.1. The molecule has 0 radical (unpaired) electrons. The van der Waals surface area contributed by atoms with Gasteiger partial charge in [-0.15, -0.1) is 11.3 Å². The van der Waals surface area contributed by atoms with Gasteiger partial charge in [0.05, 0.1) is 4.34 Å². The van der Waals surface area contributed by atoms with Crippen LogP contribution in [0.25, 0.3) is 0 Å². The number of aliphatic carboxylic acids is 1. The van der Waals surface area contributed by atoms with E-state index in [9.17, 15) is 13.2 Å². The average molecular weight is 367 g/mol. The average Bonchev–Trinajstić information content (AvgIpc) is 2.74. The van der Waals surface area contributed by atoms with Crippen LogP contribution in [0.3, 0.4) is 0 Å². The van der Waals surface area contributed by atoms with Gasteiger partial charge in [-0.05, 0) is 38.1 Å². The zero-order chi connectivity index (χ0) is 16.2. The molecule has 1 aliphatic rings. The maximum Gasteiger partial charge on any atom is 0.303 e. The molecule has 0 spiro atoms. The molecule has 1 aromatic heterocycles. The third-order valence-electron chi connectivity index (χ3n) is 3.56. The SMILES string of the molecule is O=C(O)CCCN1CCCN(S(=O)(=O)c2ccc(Cl)s2)CC1. The highest BCUT2D eigenvalue weighted by atomic mass is 35.5. The van der Waals surface area contributed by atoms with E-state index in [0.29, 0.717) is 36.9 Å². The number of carboxylic acids is 1. The van der Waals surface area contributed by atoms with E-state index in [4.69, 9.17) is 16.7 Å². The number of carbonyl (C=O) groups is 1. The Morgan fingerprint density at radius 1 is 1.27 bits per heavy atom.